The summed E-state index contributed by atoms with van der Waals surface area (Å²) in [5.41, 5.74) is 0.928. The van der Waals surface area contributed by atoms with Crippen LogP contribution in [0.15, 0.2) is 52.4 Å². The van der Waals surface area contributed by atoms with Gasteiger partial charge in [0.25, 0.3) is 0 Å². The largest absolute Gasteiger partial charge is 0.366 e. The number of rotatable bonds is 6. The van der Waals surface area contributed by atoms with Gasteiger partial charge in [-0.05, 0) is 30.7 Å². The van der Waals surface area contributed by atoms with Gasteiger partial charge in [-0.1, -0.05) is 61.5 Å². The molecule has 6 nitrogen and oxygen atoms in total. The summed E-state index contributed by atoms with van der Waals surface area (Å²) in [6.45, 7) is 6.22. The van der Waals surface area contributed by atoms with E-state index in [-0.39, 0.29) is 26.9 Å². The number of para-hydroxylation sites is 1. The number of nitrogens with zero attached hydrogens (tertiary/aromatic N) is 3. The zero-order chi connectivity index (χ0) is 22.1. The smallest absolute Gasteiger partial charge is 0.244 e. The first-order valence-electron chi connectivity index (χ1n) is 9.68. The van der Waals surface area contributed by atoms with Crippen molar-refractivity contribution in [2.45, 2.75) is 31.4 Å². The maximum atomic E-state index is 13.0. The average Bonchev–Trinajstić information content (AvgIpc) is 3.00. The van der Waals surface area contributed by atoms with E-state index in [2.05, 4.69) is 0 Å². The third-order valence-corrected chi connectivity index (χ3v) is 8.99. The summed E-state index contributed by atoms with van der Waals surface area (Å²) < 4.78 is 27.4. The number of aliphatic imine (C=N–C) groups is 1. The van der Waals surface area contributed by atoms with Gasteiger partial charge >= 0.3 is 0 Å². The maximum absolute atomic E-state index is 13.0. The number of aliphatic hydroxyl groups is 1. The molecule has 0 saturated carbocycles. The van der Waals surface area contributed by atoms with Crippen LogP contribution in [-0.4, -0.2) is 53.8 Å². The molecule has 1 N–H and O–H groups in total. The molecule has 0 bridgehead atoms. The maximum Gasteiger partial charge on any atom is 0.244 e. The number of benzene rings is 2. The third-order valence-electron chi connectivity index (χ3n) is 5.29. The fourth-order valence-electron chi connectivity index (χ4n) is 3.35. The summed E-state index contributed by atoms with van der Waals surface area (Å²) in [6, 6.07) is 12.4. The highest BCUT2D eigenvalue weighted by Crippen LogP contribution is 2.40. The number of hydrogen-bond acceptors (Lipinski definition) is 5. The monoisotopic (exact) mass is 547 g/mol. The highest BCUT2D eigenvalue weighted by Gasteiger charge is 2.43. The molecular formula is C21H27BrClN3O3S2. The summed E-state index contributed by atoms with van der Waals surface area (Å²) in [4.78, 5) is 6.38. The van der Waals surface area contributed by atoms with Crippen LogP contribution in [0.1, 0.15) is 25.0 Å². The van der Waals surface area contributed by atoms with E-state index in [4.69, 9.17) is 16.6 Å². The molecule has 170 valence electrons. The minimum atomic E-state index is -3.76. The summed E-state index contributed by atoms with van der Waals surface area (Å²) in [7, 11) is -2.01. The number of amidine groups is 1. The molecule has 0 aromatic heterocycles. The van der Waals surface area contributed by atoms with Crippen LogP contribution in [0.3, 0.4) is 0 Å². The van der Waals surface area contributed by atoms with Crippen LogP contribution >= 0.6 is 40.3 Å². The Hall–Kier alpha value is -1.10. The Bertz CT molecular complexity index is 1080. The van der Waals surface area contributed by atoms with Gasteiger partial charge in [-0.2, -0.15) is 4.31 Å². The van der Waals surface area contributed by atoms with Gasteiger partial charge in [0.1, 0.15) is 4.90 Å². The van der Waals surface area contributed by atoms with Crippen molar-refractivity contribution in [3.8, 4) is 0 Å². The first-order chi connectivity index (χ1) is 14.1. The fourth-order valence-corrected chi connectivity index (χ4v) is 6.50. The Kier molecular flexibility index (Phi) is 8.63. The lowest BCUT2D eigenvalue weighted by molar-refractivity contribution is -0.0349. The van der Waals surface area contributed by atoms with Crippen molar-refractivity contribution in [1.82, 2.24) is 9.21 Å². The van der Waals surface area contributed by atoms with E-state index in [9.17, 15) is 13.5 Å². The lowest BCUT2D eigenvalue weighted by atomic mass is 10.0. The topological polar surface area (TPSA) is 73.2 Å². The van der Waals surface area contributed by atoms with Crippen molar-refractivity contribution in [3.05, 3.63) is 58.6 Å². The van der Waals surface area contributed by atoms with Crippen molar-refractivity contribution in [3.63, 3.8) is 0 Å². The molecule has 1 heterocycles. The number of halogens is 2. The predicted octanol–water partition coefficient (Wildman–Crippen LogP) is 4.77. The summed E-state index contributed by atoms with van der Waals surface area (Å²) in [5, 5.41) is 12.3. The van der Waals surface area contributed by atoms with Gasteiger partial charge in [0, 0.05) is 25.7 Å². The SMILES string of the molecule is Br.CCN(CC)S(=O)(=O)c1cc(C2(O)CS/C(=N/c3ccccc3C)N2C)ccc1Cl. The number of aryl methyl sites for hydroxylation is 1. The molecule has 1 fully saturated rings. The molecule has 0 aliphatic carbocycles. The van der Waals surface area contributed by atoms with Gasteiger partial charge < -0.3 is 10.0 Å². The predicted molar refractivity (Wildman–Crippen MR) is 134 cm³/mol. The number of thioether (sulfide) groups is 1. The molecule has 10 heteroatoms. The molecule has 2 aromatic carbocycles. The lowest BCUT2D eigenvalue weighted by Crippen LogP contribution is -2.42. The average molecular weight is 549 g/mol. The van der Waals surface area contributed by atoms with Gasteiger partial charge in [-0.3, -0.25) is 0 Å². The summed E-state index contributed by atoms with van der Waals surface area (Å²) in [6.07, 6.45) is 0. The van der Waals surface area contributed by atoms with Crippen LogP contribution in [0.25, 0.3) is 0 Å². The van der Waals surface area contributed by atoms with E-state index < -0.39 is 15.7 Å². The zero-order valence-electron chi connectivity index (χ0n) is 17.9. The van der Waals surface area contributed by atoms with E-state index in [0.29, 0.717) is 29.6 Å². The highest BCUT2D eigenvalue weighted by atomic mass is 79.9. The standard InChI is InChI=1S/C21H26ClN3O3S2.BrH/c1-5-25(6-2)30(27,28)19-13-16(11-12-17(19)22)21(26)14-29-20(24(21)4)23-18-10-8-7-9-15(18)3;/h7-13,26H,5-6,14H2,1-4H3;1H/b23-20+;. The molecule has 1 saturated heterocycles. The minimum absolute atomic E-state index is 0. The molecule has 2 aromatic rings. The molecule has 1 unspecified atom stereocenters. The second kappa shape index (κ2) is 10.2. The van der Waals surface area contributed by atoms with E-state index in [1.165, 1.54) is 28.2 Å². The molecule has 0 amide bonds. The van der Waals surface area contributed by atoms with E-state index in [0.717, 1.165) is 11.3 Å². The lowest BCUT2D eigenvalue weighted by Gasteiger charge is -2.32. The quantitative estimate of drug-likeness (QED) is 0.563. The van der Waals surface area contributed by atoms with Crippen molar-refractivity contribution < 1.29 is 13.5 Å². The molecule has 1 aliphatic rings. The first kappa shape index (κ1) is 26.2. The van der Waals surface area contributed by atoms with Crippen molar-refractivity contribution >= 4 is 61.2 Å². The molecule has 0 radical (unpaired) electrons. The normalized spacial score (nSPS) is 20.4. The van der Waals surface area contributed by atoms with Crippen LogP contribution in [0.4, 0.5) is 5.69 Å². The van der Waals surface area contributed by atoms with Gasteiger partial charge in [-0.15, -0.1) is 17.0 Å². The van der Waals surface area contributed by atoms with Crippen LogP contribution in [0, 0.1) is 6.92 Å². The van der Waals surface area contributed by atoms with E-state index in [1.807, 2.05) is 31.2 Å². The van der Waals surface area contributed by atoms with Crippen LogP contribution in [-0.2, 0) is 15.7 Å². The van der Waals surface area contributed by atoms with Crippen molar-refractivity contribution in [2.75, 3.05) is 25.9 Å². The van der Waals surface area contributed by atoms with Crippen LogP contribution in [0.5, 0.6) is 0 Å². The Morgan fingerprint density at radius 3 is 2.48 bits per heavy atom. The van der Waals surface area contributed by atoms with Gasteiger partial charge in [-0.25, -0.2) is 13.4 Å². The van der Waals surface area contributed by atoms with Crippen LogP contribution < -0.4 is 0 Å². The molecule has 1 atom stereocenters. The number of hydrogen-bond donors (Lipinski definition) is 1. The first-order valence-corrected chi connectivity index (χ1v) is 12.5. The highest BCUT2D eigenvalue weighted by molar-refractivity contribution is 8.93. The molecule has 31 heavy (non-hydrogen) atoms. The molecule has 0 spiro atoms. The molecular weight excluding hydrogens is 522 g/mol. The fraction of sp³-hybridized carbons (Fsp3) is 0.381. The molecule has 1 aliphatic heterocycles. The molecule has 3 rings (SSSR count). The van der Waals surface area contributed by atoms with Gasteiger partial charge in [0.05, 0.1) is 16.5 Å². The zero-order valence-corrected chi connectivity index (χ0v) is 22.0. The second-order valence-corrected chi connectivity index (χ2v) is 10.3. The van der Waals surface area contributed by atoms with Crippen molar-refractivity contribution in [1.29, 1.82) is 0 Å². The third kappa shape index (κ3) is 4.96. The van der Waals surface area contributed by atoms with Crippen molar-refractivity contribution in [2.24, 2.45) is 4.99 Å². The Labute approximate surface area is 204 Å². The summed E-state index contributed by atoms with van der Waals surface area (Å²) in [5.74, 6) is 0.320. The number of sulfonamides is 1. The van der Waals surface area contributed by atoms with Gasteiger partial charge in [0.15, 0.2) is 10.9 Å². The Morgan fingerprint density at radius 2 is 1.87 bits per heavy atom. The Balaban J connectivity index is 0.00000341. The van der Waals surface area contributed by atoms with Crippen LogP contribution in [0.2, 0.25) is 5.02 Å². The van der Waals surface area contributed by atoms with E-state index in [1.54, 1.807) is 31.9 Å². The summed E-state index contributed by atoms with van der Waals surface area (Å²) >= 11 is 7.67. The van der Waals surface area contributed by atoms with E-state index >= 15 is 0 Å². The van der Waals surface area contributed by atoms with Gasteiger partial charge in [0.2, 0.25) is 10.0 Å². The Morgan fingerprint density at radius 1 is 1.23 bits per heavy atom. The minimum Gasteiger partial charge on any atom is -0.366 e. The second-order valence-electron chi connectivity index (χ2n) is 7.08.